The summed E-state index contributed by atoms with van der Waals surface area (Å²) in [4.78, 5) is 58.8. The van der Waals surface area contributed by atoms with Crippen LogP contribution in [0.15, 0.2) is 0 Å². The minimum atomic E-state index is -1.70. The van der Waals surface area contributed by atoms with Crippen molar-refractivity contribution >= 4 is 29.6 Å². The predicted octanol–water partition coefficient (Wildman–Crippen LogP) is -5.13. The van der Waals surface area contributed by atoms with Gasteiger partial charge >= 0.3 is 5.97 Å². The van der Waals surface area contributed by atoms with Crippen molar-refractivity contribution in [1.82, 2.24) is 16.0 Å². The molecule has 14 heteroatoms. The van der Waals surface area contributed by atoms with Crippen LogP contribution in [-0.4, -0.2) is 92.5 Å². The summed E-state index contributed by atoms with van der Waals surface area (Å²) in [5.74, 6) is -5.79. The summed E-state index contributed by atoms with van der Waals surface area (Å²) in [6.07, 6.45) is -4.97. The minimum Gasteiger partial charge on any atom is -0.480 e. The molecule has 0 spiro atoms. The van der Waals surface area contributed by atoms with Gasteiger partial charge in [0.25, 0.3) is 0 Å². The van der Waals surface area contributed by atoms with Crippen molar-refractivity contribution in [2.75, 3.05) is 0 Å². The zero-order valence-corrected chi connectivity index (χ0v) is 16.7. The molecule has 0 radical (unpaired) electrons. The number of carboxylic acids is 1. The molecule has 0 saturated heterocycles. The molecule has 7 unspecified atom stereocenters. The Morgan fingerprint density at radius 1 is 0.767 bits per heavy atom. The molecule has 14 nitrogen and oxygen atoms in total. The summed E-state index contributed by atoms with van der Waals surface area (Å²) < 4.78 is 0. The van der Waals surface area contributed by atoms with E-state index in [4.69, 9.17) is 16.6 Å². The molecule has 0 aliphatic rings. The molecular weight excluding hydrogens is 406 g/mol. The van der Waals surface area contributed by atoms with Gasteiger partial charge in [0.2, 0.25) is 23.6 Å². The van der Waals surface area contributed by atoms with Crippen molar-refractivity contribution in [1.29, 1.82) is 0 Å². The molecule has 0 aromatic carbocycles. The fraction of sp³-hybridized carbons (Fsp3) is 0.688. The lowest BCUT2D eigenvalue weighted by atomic mass is 10.1. The second-order valence-electron chi connectivity index (χ2n) is 6.79. The zero-order chi connectivity index (χ0) is 23.8. The highest BCUT2D eigenvalue weighted by Gasteiger charge is 2.35. The Labute approximate surface area is 172 Å². The maximum absolute atomic E-state index is 12.5. The van der Waals surface area contributed by atoms with Crippen molar-refractivity contribution < 1.29 is 44.4 Å². The van der Waals surface area contributed by atoms with E-state index in [0.717, 1.165) is 13.8 Å². The summed E-state index contributed by atoms with van der Waals surface area (Å²) in [6, 6.07) is -6.42. The lowest BCUT2D eigenvalue weighted by molar-refractivity contribution is -0.144. The number of hydrogen-bond acceptors (Lipinski definition) is 9. The van der Waals surface area contributed by atoms with Crippen molar-refractivity contribution in [2.45, 2.75) is 69.7 Å². The maximum atomic E-state index is 12.5. The SMILES string of the molecule is CC(O)C(N)C(=O)NC(C(=O)NC(C(=O)NC(CC(N)=O)C(=O)O)C(C)O)C(C)O. The van der Waals surface area contributed by atoms with E-state index in [9.17, 15) is 39.3 Å². The summed E-state index contributed by atoms with van der Waals surface area (Å²) in [5.41, 5.74) is 10.4. The van der Waals surface area contributed by atoms with Crippen LogP contribution >= 0.6 is 0 Å². The average Bonchev–Trinajstić information content (AvgIpc) is 2.60. The summed E-state index contributed by atoms with van der Waals surface area (Å²) in [6.45, 7) is 3.51. The highest BCUT2D eigenvalue weighted by molar-refractivity contribution is 5.95. The van der Waals surface area contributed by atoms with Crippen LogP contribution < -0.4 is 27.4 Å². The number of nitrogens with one attached hydrogen (secondary N) is 3. The number of amides is 4. The molecule has 11 N–H and O–H groups in total. The third kappa shape index (κ3) is 8.69. The van der Waals surface area contributed by atoms with Gasteiger partial charge in [-0.05, 0) is 20.8 Å². The molecule has 0 saturated carbocycles. The van der Waals surface area contributed by atoms with Gasteiger partial charge in [-0.15, -0.1) is 0 Å². The number of primary amides is 1. The zero-order valence-electron chi connectivity index (χ0n) is 16.7. The molecule has 30 heavy (non-hydrogen) atoms. The monoisotopic (exact) mass is 435 g/mol. The van der Waals surface area contributed by atoms with Crippen LogP contribution in [0.1, 0.15) is 27.2 Å². The van der Waals surface area contributed by atoms with Crippen LogP contribution in [0, 0.1) is 0 Å². The number of hydrogen-bond donors (Lipinski definition) is 9. The number of carbonyl (C=O) groups is 5. The number of carboxylic acid groups (broad SMARTS) is 1. The summed E-state index contributed by atoms with van der Waals surface area (Å²) >= 11 is 0. The number of aliphatic hydroxyl groups is 3. The molecule has 0 bridgehead atoms. The maximum Gasteiger partial charge on any atom is 0.326 e. The second-order valence-corrected chi connectivity index (χ2v) is 6.79. The molecule has 0 heterocycles. The highest BCUT2D eigenvalue weighted by Crippen LogP contribution is 2.02. The smallest absolute Gasteiger partial charge is 0.326 e. The Balaban J connectivity index is 5.39. The van der Waals surface area contributed by atoms with Crippen molar-refractivity contribution in [2.24, 2.45) is 11.5 Å². The predicted molar refractivity (Wildman–Crippen MR) is 100 cm³/mol. The van der Waals surface area contributed by atoms with Gasteiger partial charge in [-0.3, -0.25) is 19.2 Å². The van der Waals surface area contributed by atoms with E-state index in [2.05, 4.69) is 10.6 Å². The Kier molecular flexibility index (Phi) is 10.9. The number of aliphatic hydroxyl groups excluding tert-OH is 3. The fourth-order valence-electron chi connectivity index (χ4n) is 2.18. The Hall–Kier alpha value is -2.81. The van der Waals surface area contributed by atoms with Crippen LogP contribution in [0.25, 0.3) is 0 Å². The normalized spacial score (nSPS) is 18.0. The molecule has 4 amide bonds. The molecule has 0 aliphatic carbocycles. The number of carbonyl (C=O) groups excluding carboxylic acids is 4. The van der Waals surface area contributed by atoms with E-state index in [1.165, 1.54) is 6.92 Å². The quantitative estimate of drug-likeness (QED) is 0.141. The van der Waals surface area contributed by atoms with E-state index in [1.54, 1.807) is 0 Å². The lowest BCUT2D eigenvalue weighted by Crippen LogP contribution is -2.62. The van der Waals surface area contributed by atoms with Crippen molar-refractivity contribution in [3.63, 3.8) is 0 Å². The van der Waals surface area contributed by atoms with Gasteiger partial charge in [0.15, 0.2) is 0 Å². The van der Waals surface area contributed by atoms with Gasteiger partial charge in [-0.25, -0.2) is 4.79 Å². The van der Waals surface area contributed by atoms with Crippen molar-refractivity contribution in [3.05, 3.63) is 0 Å². The topological polar surface area (TPSA) is 254 Å². The summed E-state index contributed by atoms with van der Waals surface area (Å²) in [5, 5.41) is 44.1. The lowest BCUT2D eigenvalue weighted by Gasteiger charge is -2.27. The van der Waals surface area contributed by atoms with Crippen LogP contribution in [0.4, 0.5) is 0 Å². The highest BCUT2D eigenvalue weighted by atomic mass is 16.4. The van der Waals surface area contributed by atoms with Crippen LogP contribution in [-0.2, 0) is 24.0 Å². The van der Waals surface area contributed by atoms with Gasteiger partial charge in [-0.1, -0.05) is 0 Å². The van der Waals surface area contributed by atoms with Crippen LogP contribution in [0.2, 0.25) is 0 Å². The largest absolute Gasteiger partial charge is 0.480 e. The number of nitrogens with two attached hydrogens (primary N) is 2. The fourth-order valence-corrected chi connectivity index (χ4v) is 2.18. The van der Waals surface area contributed by atoms with E-state index in [1.807, 2.05) is 5.32 Å². The first-order valence-corrected chi connectivity index (χ1v) is 8.91. The second kappa shape index (κ2) is 12.0. The Bertz CT molecular complexity index is 653. The molecule has 7 atom stereocenters. The average molecular weight is 435 g/mol. The van der Waals surface area contributed by atoms with Crippen molar-refractivity contribution in [3.8, 4) is 0 Å². The van der Waals surface area contributed by atoms with E-state index in [0.29, 0.717) is 0 Å². The Morgan fingerprint density at radius 2 is 1.17 bits per heavy atom. The standard InChI is InChI=1S/C16H29N5O9/c1-5(22)10(18)13(26)20-12(7(3)24)15(28)21-11(6(2)23)14(27)19-8(16(29)30)4-9(17)25/h5-8,10-12,22-24H,4,18H2,1-3H3,(H2,17,25)(H,19,27)(H,20,26)(H,21,28)(H,29,30). The molecule has 172 valence electrons. The van der Waals surface area contributed by atoms with Gasteiger partial charge < -0.3 is 47.8 Å². The molecule has 0 aliphatic heterocycles. The van der Waals surface area contributed by atoms with E-state index < -0.39 is 78.5 Å². The van der Waals surface area contributed by atoms with E-state index >= 15 is 0 Å². The molecule has 0 aromatic heterocycles. The Morgan fingerprint density at radius 3 is 1.50 bits per heavy atom. The van der Waals surface area contributed by atoms with E-state index in [-0.39, 0.29) is 0 Å². The minimum absolute atomic E-state index is 0.731. The first kappa shape index (κ1) is 27.2. The van der Waals surface area contributed by atoms with Gasteiger partial charge in [0.1, 0.15) is 24.2 Å². The van der Waals surface area contributed by atoms with Gasteiger partial charge in [0, 0.05) is 0 Å². The number of aliphatic carboxylic acids is 1. The molecular formula is C16H29N5O9. The van der Waals surface area contributed by atoms with Gasteiger partial charge in [0.05, 0.1) is 24.7 Å². The third-order valence-corrected chi connectivity index (χ3v) is 3.97. The van der Waals surface area contributed by atoms with Crippen LogP contribution in [0.5, 0.6) is 0 Å². The molecule has 0 rings (SSSR count). The van der Waals surface area contributed by atoms with Gasteiger partial charge in [-0.2, -0.15) is 0 Å². The molecule has 0 aromatic rings. The third-order valence-electron chi connectivity index (χ3n) is 3.97. The van der Waals surface area contributed by atoms with Crippen LogP contribution in [0.3, 0.4) is 0 Å². The first-order valence-electron chi connectivity index (χ1n) is 8.91. The number of rotatable bonds is 12. The summed E-state index contributed by atoms with van der Waals surface area (Å²) in [7, 11) is 0. The first-order chi connectivity index (χ1) is 13.7. The molecule has 0 fully saturated rings.